The van der Waals surface area contributed by atoms with E-state index < -0.39 is 0 Å². The van der Waals surface area contributed by atoms with E-state index in [-0.39, 0.29) is 0 Å². The molecule has 3 nitrogen and oxygen atoms in total. The normalized spacial score (nSPS) is 32.2. The lowest BCUT2D eigenvalue weighted by Crippen LogP contribution is -2.29. The standard InChI is InChI=1S/C14H21N3/c1-2-3-17-14(13-9-15-4-5-16-13)12-7-10-6-11(10)8-12/h4-5,9-12,14,17H,2-3,6-8H2,1H3. The summed E-state index contributed by atoms with van der Waals surface area (Å²) in [5.74, 6) is 2.84. The second-order valence-corrected chi connectivity index (χ2v) is 5.55. The maximum absolute atomic E-state index is 4.49. The number of rotatable bonds is 5. The average Bonchev–Trinajstić information content (AvgIpc) is 2.98. The molecule has 2 saturated carbocycles. The molecule has 2 aliphatic rings. The van der Waals surface area contributed by atoms with Gasteiger partial charge in [0.15, 0.2) is 0 Å². The second-order valence-electron chi connectivity index (χ2n) is 5.55. The van der Waals surface area contributed by atoms with E-state index in [1.807, 2.05) is 12.4 Å². The molecule has 0 aromatic carbocycles. The van der Waals surface area contributed by atoms with Crippen molar-refractivity contribution in [2.24, 2.45) is 17.8 Å². The van der Waals surface area contributed by atoms with Gasteiger partial charge in [-0.1, -0.05) is 6.92 Å². The summed E-state index contributed by atoms with van der Waals surface area (Å²) in [4.78, 5) is 8.70. The molecule has 0 amide bonds. The minimum Gasteiger partial charge on any atom is -0.308 e. The first kappa shape index (κ1) is 11.1. The highest BCUT2D eigenvalue weighted by Gasteiger charge is 2.48. The molecular formula is C14H21N3. The van der Waals surface area contributed by atoms with Gasteiger partial charge in [0.2, 0.25) is 0 Å². The Morgan fingerprint density at radius 2 is 2.12 bits per heavy atom. The quantitative estimate of drug-likeness (QED) is 0.846. The summed E-state index contributed by atoms with van der Waals surface area (Å²) in [6, 6.07) is 0.427. The smallest absolute Gasteiger partial charge is 0.0758 e. The second kappa shape index (κ2) is 4.73. The molecule has 2 fully saturated rings. The Bertz CT molecular complexity index is 355. The predicted octanol–water partition coefficient (Wildman–Crippen LogP) is 2.56. The summed E-state index contributed by atoms with van der Waals surface area (Å²) in [7, 11) is 0. The highest BCUT2D eigenvalue weighted by Crippen LogP contribution is 2.56. The zero-order valence-electron chi connectivity index (χ0n) is 10.5. The van der Waals surface area contributed by atoms with Crippen molar-refractivity contribution in [1.29, 1.82) is 0 Å². The summed E-state index contributed by atoms with van der Waals surface area (Å²) < 4.78 is 0. The van der Waals surface area contributed by atoms with Crippen LogP contribution in [0.15, 0.2) is 18.6 Å². The van der Waals surface area contributed by atoms with E-state index in [0.29, 0.717) is 6.04 Å². The van der Waals surface area contributed by atoms with Crippen molar-refractivity contribution in [1.82, 2.24) is 15.3 Å². The fourth-order valence-corrected chi connectivity index (χ4v) is 3.32. The molecule has 3 unspecified atom stereocenters. The molecule has 17 heavy (non-hydrogen) atoms. The van der Waals surface area contributed by atoms with E-state index in [0.717, 1.165) is 30.0 Å². The summed E-state index contributed by atoms with van der Waals surface area (Å²) in [5, 5.41) is 3.67. The molecule has 1 N–H and O–H groups in total. The van der Waals surface area contributed by atoms with Crippen LogP contribution in [0.2, 0.25) is 0 Å². The number of aromatic nitrogens is 2. The monoisotopic (exact) mass is 231 g/mol. The van der Waals surface area contributed by atoms with Crippen molar-refractivity contribution < 1.29 is 0 Å². The zero-order chi connectivity index (χ0) is 11.7. The summed E-state index contributed by atoms with van der Waals surface area (Å²) >= 11 is 0. The fourth-order valence-electron chi connectivity index (χ4n) is 3.32. The summed E-state index contributed by atoms with van der Waals surface area (Å²) in [5.41, 5.74) is 1.13. The Morgan fingerprint density at radius 1 is 1.29 bits per heavy atom. The van der Waals surface area contributed by atoms with Gasteiger partial charge in [-0.2, -0.15) is 0 Å². The molecular weight excluding hydrogens is 210 g/mol. The van der Waals surface area contributed by atoms with Crippen LogP contribution in [0, 0.1) is 17.8 Å². The van der Waals surface area contributed by atoms with E-state index >= 15 is 0 Å². The predicted molar refractivity (Wildman–Crippen MR) is 67.4 cm³/mol. The molecule has 2 aliphatic carbocycles. The van der Waals surface area contributed by atoms with Crippen LogP contribution in [-0.4, -0.2) is 16.5 Å². The molecule has 0 bridgehead atoms. The molecule has 3 rings (SSSR count). The largest absolute Gasteiger partial charge is 0.308 e. The van der Waals surface area contributed by atoms with Crippen molar-refractivity contribution in [2.45, 2.75) is 38.6 Å². The molecule has 0 radical (unpaired) electrons. The highest BCUT2D eigenvalue weighted by atomic mass is 15.0. The Kier molecular flexibility index (Phi) is 3.10. The van der Waals surface area contributed by atoms with Gasteiger partial charge < -0.3 is 5.32 Å². The number of hydrogen-bond donors (Lipinski definition) is 1. The van der Waals surface area contributed by atoms with Gasteiger partial charge in [-0.05, 0) is 50.0 Å². The molecule has 0 aliphatic heterocycles. The molecule has 0 saturated heterocycles. The molecule has 3 heteroatoms. The van der Waals surface area contributed by atoms with Gasteiger partial charge in [0, 0.05) is 18.6 Å². The highest BCUT2D eigenvalue weighted by molar-refractivity contribution is 5.09. The van der Waals surface area contributed by atoms with Crippen molar-refractivity contribution in [3.05, 3.63) is 24.3 Å². The van der Waals surface area contributed by atoms with Gasteiger partial charge in [0.25, 0.3) is 0 Å². The summed E-state index contributed by atoms with van der Waals surface area (Å²) in [6.07, 6.45) is 10.9. The SMILES string of the molecule is CCCNC(c1cnccn1)C1CC2CC2C1. The van der Waals surface area contributed by atoms with Gasteiger partial charge in [0.1, 0.15) is 0 Å². The Hall–Kier alpha value is -0.960. The van der Waals surface area contributed by atoms with Crippen molar-refractivity contribution in [2.75, 3.05) is 6.54 Å². The average molecular weight is 231 g/mol. The van der Waals surface area contributed by atoms with Gasteiger partial charge in [0.05, 0.1) is 11.7 Å². The van der Waals surface area contributed by atoms with Crippen LogP contribution in [0.25, 0.3) is 0 Å². The lowest BCUT2D eigenvalue weighted by molar-refractivity contribution is 0.335. The first-order valence-electron chi connectivity index (χ1n) is 6.87. The van der Waals surface area contributed by atoms with Crippen LogP contribution in [0.5, 0.6) is 0 Å². The fraction of sp³-hybridized carbons (Fsp3) is 0.714. The van der Waals surface area contributed by atoms with Crippen molar-refractivity contribution >= 4 is 0 Å². The molecule has 92 valence electrons. The maximum Gasteiger partial charge on any atom is 0.0758 e. The van der Waals surface area contributed by atoms with Gasteiger partial charge in [-0.25, -0.2) is 0 Å². The minimum atomic E-state index is 0.427. The van der Waals surface area contributed by atoms with Gasteiger partial charge in [-0.15, -0.1) is 0 Å². The Labute approximate surface area is 103 Å². The summed E-state index contributed by atoms with van der Waals surface area (Å²) in [6.45, 7) is 3.29. The topological polar surface area (TPSA) is 37.8 Å². The van der Waals surface area contributed by atoms with Crippen LogP contribution in [-0.2, 0) is 0 Å². The maximum atomic E-state index is 4.49. The zero-order valence-corrected chi connectivity index (χ0v) is 10.5. The van der Waals surface area contributed by atoms with Crippen LogP contribution >= 0.6 is 0 Å². The van der Waals surface area contributed by atoms with E-state index in [1.54, 1.807) is 6.20 Å². The van der Waals surface area contributed by atoms with E-state index in [4.69, 9.17) is 0 Å². The van der Waals surface area contributed by atoms with Gasteiger partial charge >= 0.3 is 0 Å². The number of fused-ring (bicyclic) bond motifs is 1. The minimum absolute atomic E-state index is 0.427. The van der Waals surface area contributed by atoms with Crippen LogP contribution in [0.4, 0.5) is 0 Å². The first-order chi connectivity index (χ1) is 8.38. The third kappa shape index (κ3) is 2.34. The molecule has 0 spiro atoms. The van der Waals surface area contributed by atoms with E-state index in [9.17, 15) is 0 Å². The number of hydrogen-bond acceptors (Lipinski definition) is 3. The first-order valence-corrected chi connectivity index (χ1v) is 6.87. The molecule has 1 heterocycles. The van der Waals surface area contributed by atoms with Gasteiger partial charge in [-0.3, -0.25) is 9.97 Å². The third-order valence-electron chi connectivity index (χ3n) is 4.27. The molecule has 3 atom stereocenters. The van der Waals surface area contributed by atoms with Crippen molar-refractivity contribution in [3.63, 3.8) is 0 Å². The van der Waals surface area contributed by atoms with Crippen LogP contribution < -0.4 is 5.32 Å². The van der Waals surface area contributed by atoms with Crippen molar-refractivity contribution in [3.8, 4) is 0 Å². The molecule has 1 aromatic heterocycles. The third-order valence-corrected chi connectivity index (χ3v) is 4.27. The van der Waals surface area contributed by atoms with Crippen LogP contribution in [0.1, 0.15) is 44.3 Å². The van der Waals surface area contributed by atoms with Crippen LogP contribution in [0.3, 0.4) is 0 Å². The Morgan fingerprint density at radius 3 is 2.76 bits per heavy atom. The Balaban J connectivity index is 1.72. The van der Waals surface area contributed by atoms with E-state index in [2.05, 4.69) is 22.2 Å². The lowest BCUT2D eigenvalue weighted by atomic mass is 9.92. The number of nitrogens with one attached hydrogen (secondary N) is 1. The van der Waals surface area contributed by atoms with E-state index in [1.165, 1.54) is 25.7 Å². The lowest BCUT2D eigenvalue weighted by Gasteiger charge is -2.25. The molecule has 1 aromatic rings. The number of nitrogens with zero attached hydrogens (tertiary/aromatic N) is 2.